The van der Waals surface area contributed by atoms with Gasteiger partial charge in [0.15, 0.2) is 0 Å². The van der Waals surface area contributed by atoms with E-state index in [0.717, 1.165) is 35.6 Å². The minimum Gasteiger partial charge on any atom is -0.337 e. The summed E-state index contributed by atoms with van der Waals surface area (Å²) in [5, 5.41) is 4.55. The molecule has 1 aliphatic rings. The van der Waals surface area contributed by atoms with E-state index in [4.69, 9.17) is 0 Å². The molecule has 5 heteroatoms. The number of rotatable bonds is 4. The summed E-state index contributed by atoms with van der Waals surface area (Å²) >= 11 is 0. The van der Waals surface area contributed by atoms with Gasteiger partial charge in [-0.25, -0.2) is 0 Å². The monoisotopic (exact) mass is 326 g/mol. The van der Waals surface area contributed by atoms with Gasteiger partial charge in [-0.1, -0.05) is 24.3 Å². The lowest BCUT2D eigenvalue weighted by atomic mass is 9.97. The second-order valence-corrected chi connectivity index (χ2v) is 6.99. The molecular weight excluding hydrogens is 300 g/mol. The molecule has 0 N–H and O–H groups in total. The molecule has 0 unspecified atom stereocenters. The second kappa shape index (κ2) is 6.40. The van der Waals surface area contributed by atoms with E-state index in [1.165, 1.54) is 0 Å². The fraction of sp³-hybridized carbons (Fsp3) is 0.474. The smallest absolute Gasteiger partial charge is 0.244 e. The molecule has 1 fully saturated rings. The van der Waals surface area contributed by atoms with Crippen LogP contribution in [0.1, 0.15) is 34.6 Å². The van der Waals surface area contributed by atoms with Crippen LogP contribution in [0.25, 0.3) is 0 Å². The first-order valence-corrected chi connectivity index (χ1v) is 8.42. The summed E-state index contributed by atoms with van der Waals surface area (Å²) in [5.41, 5.74) is 4.43. The third kappa shape index (κ3) is 2.96. The van der Waals surface area contributed by atoms with Crippen LogP contribution in [0.15, 0.2) is 30.3 Å². The standard InChI is InChI=1S/C19H26N4O/c1-13-8-6-7-9-17(13)18(21(4)5)19(24)22-11-16(12-22)23-15(3)10-14(2)20-23/h6-10,16,18H,11-12H2,1-5H3/t18-/m0/s1. The maximum atomic E-state index is 13.0. The molecule has 0 aliphatic carbocycles. The molecule has 0 bridgehead atoms. The van der Waals surface area contributed by atoms with E-state index in [2.05, 4.69) is 41.8 Å². The molecule has 3 rings (SSSR count). The van der Waals surface area contributed by atoms with Crippen LogP contribution in [0.3, 0.4) is 0 Å². The Morgan fingerprint density at radius 1 is 1.21 bits per heavy atom. The summed E-state index contributed by atoms with van der Waals surface area (Å²) in [6.45, 7) is 7.60. The van der Waals surface area contributed by atoms with Crippen LogP contribution in [-0.4, -0.2) is 52.7 Å². The van der Waals surface area contributed by atoms with Gasteiger partial charge >= 0.3 is 0 Å². The van der Waals surface area contributed by atoms with E-state index in [1.807, 2.05) is 43.0 Å². The van der Waals surface area contributed by atoms with Crippen LogP contribution in [-0.2, 0) is 4.79 Å². The quantitative estimate of drug-likeness (QED) is 0.867. The highest BCUT2D eigenvalue weighted by Crippen LogP contribution is 2.29. The fourth-order valence-electron chi connectivity index (χ4n) is 3.50. The normalized spacial score (nSPS) is 16.3. The van der Waals surface area contributed by atoms with Gasteiger partial charge in [0, 0.05) is 18.8 Å². The van der Waals surface area contributed by atoms with Gasteiger partial charge in [0.2, 0.25) is 5.91 Å². The SMILES string of the molecule is Cc1cc(C)n(C2CN(C(=O)[C@H](c3ccccc3C)N(C)C)C2)n1. The fourth-order valence-corrected chi connectivity index (χ4v) is 3.50. The Bertz CT molecular complexity index is 744. The Morgan fingerprint density at radius 2 is 1.88 bits per heavy atom. The molecule has 0 radical (unpaired) electrons. The highest BCUT2D eigenvalue weighted by molar-refractivity contribution is 5.84. The molecule has 24 heavy (non-hydrogen) atoms. The highest BCUT2D eigenvalue weighted by Gasteiger charge is 2.38. The van der Waals surface area contributed by atoms with Crippen molar-refractivity contribution in [2.75, 3.05) is 27.2 Å². The molecule has 1 amide bonds. The van der Waals surface area contributed by atoms with Crippen molar-refractivity contribution in [1.82, 2.24) is 19.6 Å². The molecular formula is C19H26N4O. The van der Waals surface area contributed by atoms with Crippen LogP contribution in [0.2, 0.25) is 0 Å². The third-order valence-electron chi connectivity index (χ3n) is 4.80. The van der Waals surface area contributed by atoms with Gasteiger partial charge in [0.05, 0.1) is 11.7 Å². The lowest BCUT2D eigenvalue weighted by Gasteiger charge is -2.42. The number of likely N-dealkylation sites (N-methyl/N-ethyl adjacent to an activating group) is 1. The second-order valence-electron chi connectivity index (χ2n) is 6.99. The van der Waals surface area contributed by atoms with Gasteiger partial charge in [-0.2, -0.15) is 5.10 Å². The van der Waals surface area contributed by atoms with Crippen LogP contribution in [0.5, 0.6) is 0 Å². The minimum atomic E-state index is -0.229. The first-order chi connectivity index (χ1) is 11.4. The van der Waals surface area contributed by atoms with Crippen LogP contribution in [0, 0.1) is 20.8 Å². The van der Waals surface area contributed by atoms with E-state index in [1.54, 1.807) is 0 Å². The molecule has 128 valence electrons. The number of nitrogens with zero attached hydrogens (tertiary/aromatic N) is 4. The number of benzene rings is 1. The molecule has 1 aliphatic heterocycles. The molecule has 0 spiro atoms. The maximum absolute atomic E-state index is 13.0. The Balaban J connectivity index is 1.74. The topological polar surface area (TPSA) is 41.4 Å². The number of likely N-dealkylation sites (tertiary alicyclic amines) is 1. The number of amides is 1. The predicted molar refractivity (Wildman–Crippen MR) is 94.9 cm³/mol. The maximum Gasteiger partial charge on any atom is 0.244 e. The molecule has 1 aromatic carbocycles. The summed E-state index contributed by atoms with van der Waals surface area (Å²) in [6.07, 6.45) is 0. The molecule has 1 saturated heterocycles. The molecule has 2 heterocycles. The Labute approximate surface area is 143 Å². The van der Waals surface area contributed by atoms with E-state index >= 15 is 0 Å². The van der Waals surface area contributed by atoms with Gasteiger partial charge < -0.3 is 4.90 Å². The van der Waals surface area contributed by atoms with Crippen molar-refractivity contribution in [2.24, 2.45) is 0 Å². The van der Waals surface area contributed by atoms with Crippen molar-refractivity contribution in [2.45, 2.75) is 32.9 Å². The van der Waals surface area contributed by atoms with Crippen molar-refractivity contribution >= 4 is 5.91 Å². The van der Waals surface area contributed by atoms with E-state index < -0.39 is 0 Å². The zero-order chi connectivity index (χ0) is 17.4. The van der Waals surface area contributed by atoms with Gasteiger partial charge in [-0.05, 0) is 52.1 Å². The molecule has 0 saturated carbocycles. The highest BCUT2D eigenvalue weighted by atomic mass is 16.2. The zero-order valence-electron chi connectivity index (χ0n) is 15.2. The molecule has 1 atom stereocenters. The summed E-state index contributed by atoms with van der Waals surface area (Å²) in [6, 6.07) is 10.3. The minimum absolute atomic E-state index is 0.173. The van der Waals surface area contributed by atoms with Gasteiger partial charge in [-0.15, -0.1) is 0 Å². The first kappa shape index (κ1) is 16.7. The van der Waals surface area contributed by atoms with Crippen molar-refractivity contribution in [3.63, 3.8) is 0 Å². The number of aryl methyl sites for hydroxylation is 3. The molecule has 2 aromatic rings. The van der Waals surface area contributed by atoms with Gasteiger partial charge in [0.1, 0.15) is 6.04 Å². The lowest BCUT2D eigenvalue weighted by Crippen LogP contribution is -2.54. The number of aromatic nitrogens is 2. The van der Waals surface area contributed by atoms with Gasteiger partial charge in [0.25, 0.3) is 0 Å². The van der Waals surface area contributed by atoms with Crippen LogP contribution >= 0.6 is 0 Å². The molecule has 1 aromatic heterocycles. The van der Waals surface area contributed by atoms with Crippen molar-refractivity contribution in [3.05, 3.63) is 52.8 Å². The van der Waals surface area contributed by atoms with Crippen molar-refractivity contribution in [3.8, 4) is 0 Å². The summed E-state index contributed by atoms with van der Waals surface area (Å²) < 4.78 is 2.05. The van der Waals surface area contributed by atoms with E-state index in [-0.39, 0.29) is 11.9 Å². The molecule has 5 nitrogen and oxygen atoms in total. The average Bonchev–Trinajstić information content (AvgIpc) is 2.78. The zero-order valence-corrected chi connectivity index (χ0v) is 15.2. The van der Waals surface area contributed by atoms with Crippen LogP contribution in [0.4, 0.5) is 0 Å². The van der Waals surface area contributed by atoms with Crippen molar-refractivity contribution in [1.29, 1.82) is 0 Å². The Kier molecular flexibility index (Phi) is 4.45. The van der Waals surface area contributed by atoms with Gasteiger partial charge in [-0.3, -0.25) is 14.4 Å². The largest absolute Gasteiger partial charge is 0.337 e. The number of hydrogen-bond donors (Lipinski definition) is 0. The number of carbonyl (C=O) groups is 1. The summed E-state index contributed by atoms with van der Waals surface area (Å²) in [4.78, 5) is 17.0. The van der Waals surface area contributed by atoms with Crippen LogP contribution < -0.4 is 0 Å². The first-order valence-electron chi connectivity index (χ1n) is 8.42. The average molecular weight is 326 g/mol. The van der Waals surface area contributed by atoms with E-state index in [9.17, 15) is 4.79 Å². The van der Waals surface area contributed by atoms with Crippen molar-refractivity contribution < 1.29 is 4.79 Å². The third-order valence-corrected chi connectivity index (χ3v) is 4.80. The predicted octanol–water partition coefficient (Wildman–Crippen LogP) is 2.49. The lowest BCUT2D eigenvalue weighted by molar-refractivity contribution is -0.142. The Hall–Kier alpha value is -2.14. The summed E-state index contributed by atoms with van der Waals surface area (Å²) in [7, 11) is 3.93. The number of carbonyl (C=O) groups excluding carboxylic acids is 1. The van der Waals surface area contributed by atoms with E-state index in [0.29, 0.717) is 6.04 Å². The Morgan fingerprint density at radius 3 is 2.42 bits per heavy atom. The summed E-state index contributed by atoms with van der Waals surface area (Å²) in [5.74, 6) is 0.173. The number of hydrogen-bond acceptors (Lipinski definition) is 3.